The first-order chi connectivity index (χ1) is 6.33. The maximum atomic E-state index is 3.57. The molecule has 1 aromatic heterocycles. The van der Waals surface area contributed by atoms with Crippen LogP contribution in [0.15, 0.2) is 5.38 Å². The summed E-state index contributed by atoms with van der Waals surface area (Å²) in [4.78, 5) is 1.66. The van der Waals surface area contributed by atoms with E-state index in [-0.39, 0.29) is 0 Å². The first kappa shape index (κ1) is 9.72. The van der Waals surface area contributed by atoms with Crippen LogP contribution in [0.3, 0.4) is 0 Å². The molecule has 1 atom stereocenters. The molecule has 1 aromatic rings. The first-order valence-corrected chi connectivity index (χ1v) is 6.98. The number of aryl methyl sites for hydroxylation is 1. The second-order valence-corrected chi connectivity index (χ2v) is 5.47. The lowest BCUT2D eigenvalue weighted by Gasteiger charge is -2.15. The third-order valence-corrected chi connectivity index (χ3v) is 4.93. The highest BCUT2D eigenvalue weighted by Crippen LogP contribution is 2.34. The highest BCUT2D eigenvalue weighted by Gasteiger charge is 2.18. The van der Waals surface area contributed by atoms with Crippen molar-refractivity contribution in [2.75, 3.05) is 5.33 Å². The molecule has 0 aromatic carbocycles. The summed E-state index contributed by atoms with van der Waals surface area (Å²) in [6.45, 7) is 2.31. The maximum Gasteiger partial charge on any atom is 0.00979 e. The van der Waals surface area contributed by atoms with Crippen LogP contribution in [0.25, 0.3) is 0 Å². The van der Waals surface area contributed by atoms with Crippen LogP contribution in [0.5, 0.6) is 0 Å². The molecule has 2 rings (SSSR count). The highest BCUT2D eigenvalue weighted by atomic mass is 79.9. The molecule has 1 aliphatic carbocycles. The Morgan fingerprint density at radius 1 is 1.46 bits per heavy atom. The van der Waals surface area contributed by atoms with Crippen LogP contribution in [-0.2, 0) is 12.8 Å². The van der Waals surface area contributed by atoms with Crippen LogP contribution in [-0.4, -0.2) is 5.33 Å². The van der Waals surface area contributed by atoms with Crippen molar-refractivity contribution < 1.29 is 0 Å². The number of rotatable bonds is 2. The van der Waals surface area contributed by atoms with Crippen molar-refractivity contribution in [1.29, 1.82) is 0 Å². The molecule has 0 fully saturated rings. The number of thiophene rings is 1. The molecule has 0 spiro atoms. The van der Waals surface area contributed by atoms with Gasteiger partial charge in [-0.05, 0) is 48.1 Å². The van der Waals surface area contributed by atoms with Gasteiger partial charge in [0.05, 0.1) is 0 Å². The number of fused-ring (bicyclic) bond motifs is 1. The van der Waals surface area contributed by atoms with Crippen molar-refractivity contribution in [3.05, 3.63) is 21.4 Å². The van der Waals surface area contributed by atoms with E-state index in [4.69, 9.17) is 0 Å². The molecule has 0 amide bonds. The molecule has 72 valence electrons. The molecule has 13 heavy (non-hydrogen) atoms. The molecule has 0 bridgehead atoms. The lowest BCUT2D eigenvalue weighted by molar-refractivity contribution is 0.685. The van der Waals surface area contributed by atoms with Gasteiger partial charge in [0.1, 0.15) is 0 Å². The van der Waals surface area contributed by atoms with Gasteiger partial charge in [0.25, 0.3) is 0 Å². The molecule has 1 heterocycles. The van der Waals surface area contributed by atoms with Gasteiger partial charge >= 0.3 is 0 Å². The van der Waals surface area contributed by atoms with Crippen LogP contribution in [0, 0.1) is 0 Å². The molecule has 2 heteroatoms. The molecular weight excluding hydrogens is 244 g/mol. The van der Waals surface area contributed by atoms with Crippen molar-refractivity contribution >= 4 is 27.3 Å². The molecule has 0 saturated heterocycles. The summed E-state index contributed by atoms with van der Waals surface area (Å²) in [5.74, 6) is 0.693. The van der Waals surface area contributed by atoms with Crippen molar-refractivity contribution in [2.24, 2.45) is 0 Å². The topological polar surface area (TPSA) is 0 Å². The van der Waals surface area contributed by atoms with Gasteiger partial charge in [0.15, 0.2) is 0 Å². The summed E-state index contributed by atoms with van der Waals surface area (Å²) in [6, 6.07) is 0. The highest BCUT2D eigenvalue weighted by molar-refractivity contribution is 9.09. The summed E-state index contributed by atoms with van der Waals surface area (Å²) in [6.07, 6.45) is 5.45. The fraction of sp³-hybridized carbons (Fsp3) is 0.636. The Morgan fingerprint density at radius 2 is 2.23 bits per heavy atom. The van der Waals surface area contributed by atoms with E-state index in [1.165, 1.54) is 25.7 Å². The lowest BCUT2D eigenvalue weighted by atomic mass is 9.91. The molecule has 0 saturated carbocycles. The second-order valence-electron chi connectivity index (χ2n) is 3.86. The van der Waals surface area contributed by atoms with Crippen LogP contribution in [0.1, 0.15) is 41.7 Å². The minimum atomic E-state index is 0.693. The van der Waals surface area contributed by atoms with Gasteiger partial charge in [-0.25, -0.2) is 0 Å². The molecule has 1 aliphatic rings. The number of hydrogen-bond donors (Lipinski definition) is 0. The number of halogens is 1. The van der Waals surface area contributed by atoms with Gasteiger partial charge in [-0.3, -0.25) is 0 Å². The van der Waals surface area contributed by atoms with Gasteiger partial charge in [-0.1, -0.05) is 22.9 Å². The van der Waals surface area contributed by atoms with Crippen molar-refractivity contribution in [3.63, 3.8) is 0 Å². The Morgan fingerprint density at radius 3 is 3.00 bits per heavy atom. The molecule has 0 N–H and O–H groups in total. The first-order valence-electron chi connectivity index (χ1n) is 4.98. The van der Waals surface area contributed by atoms with Crippen molar-refractivity contribution in [3.8, 4) is 0 Å². The van der Waals surface area contributed by atoms with Crippen LogP contribution < -0.4 is 0 Å². The normalized spacial score (nSPS) is 18.3. The molecule has 0 nitrogen and oxygen atoms in total. The zero-order valence-corrected chi connectivity index (χ0v) is 10.4. The van der Waals surface area contributed by atoms with E-state index in [1.807, 2.05) is 11.3 Å². The Kier molecular flexibility index (Phi) is 3.10. The van der Waals surface area contributed by atoms with Crippen molar-refractivity contribution in [1.82, 2.24) is 0 Å². The zero-order valence-electron chi connectivity index (χ0n) is 7.98. The summed E-state index contributed by atoms with van der Waals surface area (Å²) < 4.78 is 0. The molecular formula is C11H15BrS. The minimum Gasteiger partial charge on any atom is -0.148 e. The van der Waals surface area contributed by atoms with Crippen LogP contribution in [0.4, 0.5) is 0 Å². The summed E-state index contributed by atoms with van der Waals surface area (Å²) in [5, 5.41) is 3.47. The predicted molar refractivity (Wildman–Crippen MR) is 63.2 cm³/mol. The van der Waals surface area contributed by atoms with Gasteiger partial charge < -0.3 is 0 Å². The minimum absolute atomic E-state index is 0.693. The maximum absolute atomic E-state index is 3.57. The summed E-state index contributed by atoms with van der Waals surface area (Å²) in [7, 11) is 0. The third kappa shape index (κ3) is 1.84. The van der Waals surface area contributed by atoms with Crippen LogP contribution >= 0.6 is 27.3 Å². The van der Waals surface area contributed by atoms with Gasteiger partial charge in [-0.15, -0.1) is 11.3 Å². The largest absolute Gasteiger partial charge is 0.148 e. The Bertz CT molecular complexity index is 290. The van der Waals surface area contributed by atoms with Crippen LogP contribution in [0.2, 0.25) is 0 Å². The monoisotopic (exact) mass is 258 g/mol. The fourth-order valence-corrected chi connectivity index (χ4v) is 3.63. The average Bonchev–Trinajstić information content (AvgIpc) is 2.60. The van der Waals surface area contributed by atoms with E-state index in [0.717, 1.165) is 5.33 Å². The van der Waals surface area contributed by atoms with E-state index in [1.54, 1.807) is 16.0 Å². The van der Waals surface area contributed by atoms with E-state index in [0.29, 0.717) is 5.92 Å². The second kappa shape index (κ2) is 4.14. The Labute approximate surface area is 92.5 Å². The summed E-state index contributed by atoms with van der Waals surface area (Å²) >= 11 is 5.54. The van der Waals surface area contributed by atoms with E-state index < -0.39 is 0 Å². The van der Waals surface area contributed by atoms with Gasteiger partial charge in [0, 0.05) is 10.2 Å². The Balaban J connectivity index is 2.31. The van der Waals surface area contributed by atoms with Gasteiger partial charge in [-0.2, -0.15) is 0 Å². The van der Waals surface area contributed by atoms with Gasteiger partial charge in [0.2, 0.25) is 0 Å². The molecule has 0 radical (unpaired) electrons. The third-order valence-electron chi connectivity index (χ3n) is 2.86. The zero-order chi connectivity index (χ0) is 9.26. The smallest absolute Gasteiger partial charge is 0.00979 e. The quantitative estimate of drug-likeness (QED) is 0.701. The van der Waals surface area contributed by atoms with Crippen molar-refractivity contribution in [2.45, 2.75) is 38.5 Å². The standard InChI is InChI=1S/C11H15BrS/c1-8(6-12)10-7-13-11-5-3-2-4-9(10)11/h7-8H,2-6H2,1H3. The van der Waals surface area contributed by atoms with E-state index in [2.05, 4.69) is 28.2 Å². The predicted octanol–water partition coefficient (Wildman–Crippen LogP) is 4.13. The number of hydrogen-bond acceptors (Lipinski definition) is 1. The molecule has 0 aliphatic heterocycles. The molecule has 1 unspecified atom stereocenters. The van der Waals surface area contributed by atoms with E-state index in [9.17, 15) is 0 Å². The SMILES string of the molecule is CC(CBr)c1csc2c1CCCC2. The number of alkyl halides is 1. The Hall–Kier alpha value is 0.180. The average molecular weight is 259 g/mol. The van der Waals surface area contributed by atoms with E-state index >= 15 is 0 Å². The lowest BCUT2D eigenvalue weighted by Crippen LogP contribution is -2.03. The summed E-state index contributed by atoms with van der Waals surface area (Å²) in [5.41, 5.74) is 3.29. The fourth-order valence-electron chi connectivity index (χ4n) is 2.02.